The van der Waals surface area contributed by atoms with Gasteiger partial charge in [-0.05, 0) is 40.7 Å². The van der Waals surface area contributed by atoms with Crippen molar-refractivity contribution in [1.82, 2.24) is 14.4 Å². The zero-order chi connectivity index (χ0) is 21.3. The van der Waals surface area contributed by atoms with Crippen molar-refractivity contribution in [3.8, 4) is 10.6 Å². The predicted molar refractivity (Wildman–Crippen MR) is 107 cm³/mol. The van der Waals surface area contributed by atoms with Gasteiger partial charge in [0.25, 0.3) is 0 Å². The number of esters is 1. The van der Waals surface area contributed by atoms with Gasteiger partial charge in [-0.3, -0.25) is 9.72 Å². The van der Waals surface area contributed by atoms with Crippen molar-refractivity contribution in [1.29, 1.82) is 0 Å². The van der Waals surface area contributed by atoms with Crippen LogP contribution in [0.15, 0.2) is 18.3 Å². The van der Waals surface area contributed by atoms with Crippen molar-refractivity contribution in [2.75, 3.05) is 11.9 Å². The number of rotatable bonds is 4. The molecule has 154 valence electrons. The summed E-state index contributed by atoms with van der Waals surface area (Å²) in [6.07, 6.45) is 0.847. The number of nitrogens with one attached hydrogen (secondary N) is 1. The first kappa shape index (κ1) is 20.7. The summed E-state index contributed by atoms with van der Waals surface area (Å²) in [6, 6.07) is 2.94. The first-order chi connectivity index (χ1) is 13.6. The summed E-state index contributed by atoms with van der Waals surface area (Å²) in [5, 5.41) is 3.03. The number of aryl methyl sites for hydroxylation is 1. The van der Waals surface area contributed by atoms with Gasteiger partial charge >= 0.3 is 12.1 Å². The molecule has 0 aromatic carbocycles. The molecule has 1 amide bonds. The molecular weight excluding hydrogens is 399 g/mol. The van der Waals surface area contributed by atoms with Crippen LogP contribution in [0, 0.1) is 12.9 Å². The number of ether oxygens (including phenoxy) is 2. The van der Waals surface area contributed by atoms with Gasteiger partial charge in [0, 0.05) is 17.8 Å². The van der Waals surface area contributed by atoms with Crippen LogP contribution in [0.5, 0.6) is 0 Å². The molecule has 3 aromatic heterocycles. The van der Waals surface area contributed by atoms with Gasteiger partial charge in [0.1, 0.15) is 21.3 Å². The van der Waals surface area contributed by atoms with Gasteiger partial charge in [-0.2, -0.15) is 4.39 Å². The maximum atomic E-state index is 14.4. The Balaban J connectivity index is 2.02. The Morgan fingerprint density at radius 2 is 2.00 bits per heavy atom. The third-order valence-corrected chi connectivity index (χ3v) is 4.62. The van der Waals surface area contributed by atoms with Gasteiger partial charge in [0.05, 0.1) is 12.3 Å². The molecule has 10 heteroatoms. The van der Waals surface area contributed by atoms with Crippen LogP contribution < -0.4 is 5.32 Å². The molecule has 0 aliphatic carbocycles. The largest absolute Gasteiger partial charge is 0.461 e. The molecule has 0 spiro atoms. The highest BCUT2D eigenvalue weighted by Crippen LogP contribution is 2.34. The van der Waals surface area contributed by atoms with Crippen molar-refractivity contribution >= 4 is 34.0 Å². The van der Waals surface area contributed by atoms with Gasteiger partial charge in [-0.25, -0.2) is 19.6 Å². The van der Waals surface area contributed by atoms with E-state index in [-0.39, 0.29) is 17.3 Å². The molecule has 0 bridgehead atoms. The Labute approximate surface area is 170 Å². The number of thiazole rings is 1. The molecule has 0 aliphatic rings. The summed E-state index contributed by atoms with van der Waals surface area (Å²) >= 11 is 1.02. The third-order valence-electron chi connectivity index (χ3n) is 3.60. The van der Waals surface area contributed by atoms with E-state index in [2.05, 4.69) is 15.3 Å². The van der Waals surface area contributed by atoms with Gasteiger partial charge in [0.15, 0.2) is 11.6 Å². The summed E-state index contributed by atoms with van der Waals surface area (Å²) in [6.45, 7) is 8.74. The van der Waals surface area contributed by atoms with Crippen LogP contribution in [0.25, 0.3) is 16.2 Å². The van der Waals surface area contributed by atoms with Gasteiger partial charge in [0.2, 0.25) is 0 Å². The second-order valence-corrected chi connectivity index (χ2v) is 8.22. The SMILES string of the molecule is CCOC(=O)c1nc(-c2cc(F)n3cc(C)nc3c2)sc1NC(=O)OC(C)(C)C. The van der Waals surface area contributed by atoms with E-state index in [0.717, 1.165) is 11.3 Å². The topological polar surface area (TPSA) is 94.8 Å². The Morgan fingerprint density at radius 1 is 1.28 bits per heavy atom. The number of carbonyl (C=O) groups is 2. The van der Waals surface area contributed by atoms with Gasteiger partial charge < -0.3 is 9.47 Å². The van der Waals surface area contributed by atoms with Crippen molar-refractivity contribution in [3.05, 3.63) is 35.7 Å². The molecular formula is C19H21FN4O4S. The normalized spacial score (nSPS) is 11.5. The van der Waals surface area contributed by atoms with Crippen molar-refractivity contribution in [2.24, 2.45) is 0 Å². The van der Waals surface area contributed by atoms with E-state index in [9.17, 15) is 14.0 Å². The van der Waals surface area contributed by atoms with Gasteiger partial charge in [-0.15, -0.1) is 0 Å². The number of halogens is 1. The minimum Gasteiger partial charge on any atom is -0.461 e. The number of amides is 1. The first-order valence-electron chi connectivity index (χ1n) is 8.91. The van der Waals surface area contributed by atoms with E-state index in [1.807, 2.05) is 0 Å². The Hall–Kier alpha value is -3.01. The molecule has 0 saturated heterocycles. The molecule has 3 aromatic rings. The van der Waals surface area contributed by atoms with Crippen LogP contribution in [0.1, 0.15) is 43.9 Å². The fraction of sp³-hybridized carbons (Fsp3) is 0.368. The Morgan fingerprint density at radius 3 is 2.66 bits per heavy atom. The fourth-order valence-corrected chi connectivity index (χ4v) is 3.48. The number of imidazole rings is 1. The van der Waals surface area contributed by atoms with Crippen LogP contribution in [0.4, 0.5) is 14.2 Å². The molecule has 3 rings (SSSR count). The minimum atomic E-state index is -0.733. The number of hydrogen-bond acceptors (Lipinski definition) is 7. The molecule has 0 saturated carbocycles. The number of carbonyl (C=O) groups excluding carboxylic acids is 2. The maximum Gasteiger partial charge on any atom is 0.412 e. The molecule has 0 unspecified atom stereocenters. The lowest BCUT2D eigenvalue weighted by Gasteiger charge is -2.19. The summed E-state index contributed by atoms with van der Waals surface area (Å²) in [4.78, 5) is 33.0. The quantitative estimate of drug-likeness (QED) is 0.496. The third kappa shape index (κ3) is 4.70. The number of aromatic nitrogens is 3. The lowest BCUT2D eigenvalue weighted by Crippen LogP contribution is -2.27. The maximum absolute atomic E-state index is 14.4. The summed E-state index contributed by atoms with van der Waals surface area (Å²) in [5.41, 5.74) is 0.714. The van der Waals surface area contributed by atoms with Crippen LogP contribution >= 0.6 is 11.3 Å². The highest BCUT2D eigenvalue weighted by Gasteiger charge is 2.24. The predicted octanol–water partition coefficient (Wildman–Crippen LogP) is 4.43. The fourth-order valence-electron chi connectivity index (χ4n) is 2.55. The molecule has 0 radical (unpaired) electrons. The average Bonchev–Trinajstić information content (AvgIpc) is 3.16. The van der Waals surface area contributed by atoms with Crippen molar-refractivity contribution in [2.45, 2.75) is 40.2 Å². The lowest BCUT2D eigenvalue weighted by atomic mass is 10.2. The van der Waals surface area contributed by atoms with E-state index >= 15 is 0 Å². The van der Waals surface area contributed by atoms with Gasteiger partial charge in [-0.1, -0.05) is 11.3 Å². The number of pyridine rings is 1. The summed E-state index contributed by atoms with van der Waals surface area (Å²) in [7, 11) is 0. The highest BCUT2D eigenvalue weighted by atomic mass is 32.1. The molecule has 3 heterocycles. The van der Waals surface area contributed by atoms with Crippen LogP contribution in [0.2, 0.25) is 0 Å². The van der Waals surface area contributed by atoms with Crippen molar-refractivity contribution < 1.29 is 23.5 Å². The number of fused-ring (bicyclic) bond motifs is 1. The zero-order valence-corrected chi connectivity index (χ0v) is 17.5. The lowest BCUT2D eigenvalue weighted by molar-refractivity contribution is 0.0521. The number of nitrogens with zero attached hydrogens (tertiary/aromatic N) is 3. The second kappa shape index (κ2) is 7.78. The van der Waals surface area contributed by atoms with E-state index in [1.54, 1.807) is 46.9 Å². The Bertz CT molecular complexity index is 1080. The van der Waals surface area contributed by atoms with E-state index < -0.39 is 23.6 Å². The first-order valence-corrected chi connectivity index (χ1v) is 9.72. The van der Waals surface area contributed by atoms with Crippen LogP contribution in [0.3, 0.4) is 0 Å². The van der Waals surface area contributed by atoms with Crippen LogP contribution in [-0.4, -0.2) is 38.6 Å². The monoisotopic (exact) mass is 420 g/mol. The standard InChI is InChI=1S/C19H21FN4O4S/c1-6-27-17(25)14-16(23-18(26)28-19(3,4)5)29-15(22-14)11-7-12(20)24-9-10(2)21-13(24)8-11/h7-9H,6H2,1-5H3,(H,23,26). The molecule has 1 N–H and O–H groups in total. The molecule has 8 nitrogen and oxygen atoms in total. The van der Waals surface area contributed by atoms with Crippen molar-refractivity contribution in [3.63, 3.8) is 0 Å². The smallest absolute Gasteiger partial charge is 0.412 e. The molecule has 29 heavy (non-hydrogen) atoms. The molecule has 0 atom stereocenters. The average molecular weight is 420 g/mol. The summed E-state index contributed by atoms with van der Waals surface area (Å²) in [5.74, 6) is -1.22. The van der Waals surface area contributed by atoms with E-state index in [1.165, 1.54) is 10.5 Å². The number of hydrogen-bond donors (Lipinski definition) is 1. The number of anilines is 1. The highest BCUT2D eigenvalue weighted by molar-refractivity contribution is 7.19. The Kier molecular flexibility index (Phi) is 5.56. The minimum absolute atomic E-state index is 0.0717. The van der Waals surface area contributed by atoms with E-state index in [0.29, 0.717) is 21.9 Å². The second-order valence-electron chi connectivity index (χ2n) is 7.22. The molecule has 0 aliphatic heterocycles. The summed E-state index contributed by atoms with van der Waals surface area (Å²) < 4.78 is 26.0. The van der Waals surface area contributed by atoms with E-state index in [4.69, 9.17) is 9.47 Å². The zero-order valence-electron chi connectivity index (χ0n) is 16.7. The van der Waals surface area contributed by atoms with Crippen LogP contribution in [-0.2, 0) is 9.47 Å². The molecule has 0 fully saturated rings.